The van der Waals surface area contributed by atoms with Gasteiger partial charge in [-0.2, -0.15) is 0 Å². The van der Waals surface area contributed by atoms with Gasteiger partial charge in [-0.25, -0.2) is 21.5 Å². The summed E-state index contributed by atoms with van der Waals surface area (Å²) in [5.41, 5.74) is 0.254. The molecule has 1 N–H and O–H groups in total. The molecule has 5 nitrogen and oxygen atoms in total. The third kappa shape index (κ3) is 4.21. The van der Waals surface area contributed by atoms with E-state index >= 15 is 0 Å². The van der Waals surface area contributed by atoms with E-state index in [9.17, 15) is 22.0 Å². The van der Waals surface area contributed by atoms with Gasteiger partial charge in [-0.15, -0.1) is 0 Å². The number of carbonyl (C=O) groups excluding carboxylic acids is 1. The van der Waals surface area contributed by atoms with E-state index in [2.05, 4.69) is 5.32 Å². The molecule has 0 spiro atoms. The molecule has 0 fully saturated rings. The summed E-state index contributed by atoms with van der Waals surface area (Å²) in [5, 5.41) is 2.57. The second-order valence-electron chi connectivity index (χ2n) is 5.68. The van der Waals surface area contributed by atoms with Crippen molar-refractivity contribution in [2.75, 3.05) is 14.1 Å². The number of amides is 1. The third-order valence-corrected chi connectivity index (χ3v) is 5.46. The van der Waals surface area contributed by atoms with Gasteiger partial charge in [-0.05, 0) is 31.2 Å². The van der Waals surface area contributed by atoms with Crippen LogP contribution in [0.1, 0.15) is 28.9 Å². The molecule has 2 rings (SSSR count). The number of carbonyl (C=O) groups is 1. The molecular formula is C17H18F2N2O3S. The van der Waals surface area contributed by atoms with E-state index in [1.54, 1.807) is 6.92 Å². The fourth-order valence-electron chi connectivity index (χ4n) is 2.22. The summed E-state index contributed by atoms with van der Waals surface area (Å²) >= 11 is 0. The van der Waals surface area contributed by atoms with Crippen LogP contribution in [-0.2, 0) is 10.0 Å². The van der Waals surface area contributed by atoms with Gasteiger partial charge in [-0.1, -0.05) is 12.1 Å². The van der Waals surface area contributed by atoms with Crippen LogP contribution in [0.5, 0.6) is 0 Å². The van der Waals surface area contributed by atoms with Crippen LogP contribution in [-0.4, -0.2) is 32.7 Å². The fourth-order valence-corrected chi connectivity index (χ4v) is 3.17. The Morgan fingerprint density at radius 2 is 1.80 bits per heavy atom. The van der Waals surface area contributed by atoms with Crippen LogP contribution in [0, 0.1) is 11.6 Å². The minimum absolute atomic E-state index is 0.0224. The summed E-state index contributed by atoms with van der Waals surface area (Å²) in [4.78, 5) is 12.3. The maximum Gasteiger partial charge on any atom is 0.251 e. The van der Waals surface area contributed by atoms with Crippen molar-refractivity contribution in [3.8, 4) is 0 Å². The van der Waals surface area contributed by atoms with Gasteiger partial charge in [0, 0.05) is 31.3 Å². The van der Waals surface area contributed by atoms with Crippen molar-refractivity contribution in [3.05, 3.63) is 65.2 Å². The second kappa shape index (κ2) is 7.28. The van der Waals surface area contributed by atoms with Crippen LogP contribution in [0.3, 0.4) is 0 Å². The zero-order valence-corrected chi connectivity index (χ0v) is 14.8. The highest BCUT2D eigenvalue weighted by Crippen LogP contribution is 2.19. The first kappa shape index (κ1) is 19.0. The minimum Gasteiger partial charge on any atom is -0.345 e. The van der Waals surface area contributed by atoms with E-state index in [4.69, 9.17) is 0 Å². The normalized spacial score (nSPS) is 12.9. The average Bonchev–Trinajstić information content (AvgIpc) is 2.54. The Balaban J connectivity index is 2.24. The molecular weight excluding hydrogens is 350 g/mol. The number of nitrogens with one attached hydrogen (secondary N) is 1. The first-order valence-electron chi connectivity index (χ1n) is 7.41. The van der Waals surface area contributed by atoms with Crippen LogP contribution in [0.2, 0.25) is 0 Å². The first-order valence-corrected chi connectivity index (χ1v) is 8.85. The van der Waals surface area contributed by atoms with Crippen molar-refractivity contribution in [2.24, 2.45) is 0 Å². The van der Waals surface area contributed by atoms with Crippen LogP contribution in [0.25, 0.3) is 0 Å². The molecule has 0 bridgehead atoms. The van der Waals surface area contributed by atoms with Crippen LogP contribution >= 0.6 is 0 Å². The van der Waals surface area contributed by atoms with Crippen molar-refractivity contribution >= 4 is 15.9 Å². The van der Waals surface area contributed by atoms with Crippen LogP contribution in [0.15, 0.2) is 47.4 Å². The fraction of sp³-hybridized carbons (Fsp3) is 0.235. The molecule has 0 saturated carbocycles. The Morgan fingerprint density at radius 3 is 2.40 bits per heavy atom. The van der Waals surface area contributed by atoms with E-state index in [-0.39, 0.29) is 16.0 Å². The smallest absolute Gasteiger partial charge is 0.251 e. The van der Waals surface area contributed by atoms with E-state index in [1.165, 1.54) is 44.4 Å². The lowest BCUT2D eigenvalue weighted by atomic mass is 10.1. The molecule has 0 aliphatic rings. The lowest BCUT2D eigenvalue weighted by molar-refractivity contribution is 0.0939. The topological polar surface area (TPSA) is 66.5 Å². The molecule has 25 heavy (non-hydrogen) atoms. The van der Waals surface area contributed by atoms with Gasteiger partial charge >= 0.3 is 0 Å². The second-order valence-corrected chi connectivity index (χ2v) is 7.83. The molecule has 2 aromatic carbocycles. The molecule has 8 heteroatoms. The quantitative estimate of drug-likeness (QED) is 0.882. The summed E-state index contributed by atoms with van der Waals surface area (Å²) in [7, 11) is -0.893. The highest BCUT2D eigenvalue weighted by Gasteiger charge is 2.20. The third-order valence-electron chi connectivity index (χ3n) is 3.65. The highest BCUT2D eigenvalue weighted by molar-refractivity contribution is 7.89. The van der Waals surface area contributed by atoms with Gasteiger partial charge in [-0.3, -0.25) is 4.79 Å². The summed E-state index contributed by atoms with van der Waals surface area (Å²) in [6.45, 7) is 1.55. The maximum atomic E-state index is 13.8. The van der Waals surface area contributed by atoms with Gasteiger partial charge in [0.2, 0.25) is 10.0 Å². The summed E-state index contributed by atoms with van der Waals surface area (Å²) in [6, 6.07) is 7.91. The monoisotopic (exact) mass is 368 g/mol. The highest BCUT2D eigenvalue weighted by atomic mass is 32.2. The molecule has 1 amide bonds. The van der Waals surface area contributed by atoms with Gasteiger partial charge in [0.25, 0.3) is 5.91 Å². The molecule has 0 aromatic heterocycles. The number of nitrogens with zero attached hydrogens (tertiary/aromatic N) is 1. The standard InChI is InChI=1S/C17H18F2N2O3S/c1-11(15-8-7-13(18)10-16(15)19)20-17(22)12-5-4-6-14(9-12)25(23,24)21(2)3/h4-11H,1-3H3,(H,20,22)/t11-/m1/s1. The van der Waals surface area contributed by atoms with Gasteiger partial charge in [0.15, 0.2) is 0 Å². The molecule has 134 valence electrons. The van der Waals surface area contributed by atoms with Crippen molar-refractivity contribution < 1.29 is 22.0 Å². The van der Waals surface area contributed by atoms with Crippen molar-refractivity contribution in [3.63, 3.8) is 0 Å². The maximum absolute atomic E-state index is 13.8. The lowest BCUT2D eigenvalue weighted by Gasteiger charge is -2.16. The number of halogens is 2. The lowest BCUT2D eigenvalue weighted by Crippen LogP contribution is -2.28. The van der Waals surface area contributed by atoms with E-state index in [1.807, 2.05) is 0 Å². The summed E-state index contributed by atoms with van der Waals surface area (Å²) in [6.07, 6.45) is 0. The Hall–Kier alpha value is -2.32. The largest absolute Gasteiger partial charge is 0.345 e. The van der Waals surface area contributed by atoms with Crippen molar-refractivity contribution in [1.29, 1.82) is 0 Å². The number of rotatable bonds is 5. The summed E-state index contributed by atoms with van der Waals surface area (Å²) < 4.78 is 52.1. The number of hydrogen-bond acceptors (Lipinski definition) is 3. The first-order chi connectivity index (χ1) is 11.6. The van der Waals surface area contributed by atoms with Gasteiger partial charge < -0.3 is 5.32 Å². The van der Waals surface area contributed by atoms with E-state index < -0.39 is 33.6 Å². The predicted molar refractivity (Wildman–Crippen MR) is 89.6 cm³/mol. The molecule has 0 saturated heterocycles. The molecule has 1 atom stereocenters. The number of benzene rings is 2. The molecule has 0 unspecified atom stereocenters. The van der Waals surface area contributed by atoms with E-state index in [0.717, 1.165) is 16.4 Å². The SMILES string of the molecule is C[C@@H](NC(=O)c1cccc(S(=O)(=O)N(C)C)c1)c1ccc(F)cc1F. The zero-order chi connectivity index (χ0) is 18.8. The van der Waals surface area contributed by atoms with Crippen LogP contribution in [0.4, 0.5) is 8.78 Å². The molecule has 0 aliphatic carbocycles. The molecule has 0 aliphatic heterocycles. The Labute approximate surface area is 145 Å². The molecule has 2 aromatic rings. The zero-order valence-electron chi connectivity index (χ0n) is 14.0. The number of sulfonamides is 1. The Bertz CT molecular complexity index is 899. The summed E-state index contributed by atoms with van der Waals surface area (Å²) in [5.74, 6) is -2.04. The molecule has 0 radical (unpaired) electrons. The number of hydrogen-bond donors (Lipinski definition) is 1. The van der Waals surface area contributed by atoms with Crippen molar-refractivity contribution in [1.82, 2.24) is 9.62 Å². The Kier molecular flexibility index (Phi) is 5.54. The van der Waals surface area contributed by atoms with Gasteiger partial charge in [0.05, 0.1) is 10.9 Å². The average molecular weight is 368 g/mol. The molecule has 0 heterocycles. The van der Waals surface area contributed by atoms with Crippen LogP contribution < -0.4 is 5.32 Å². The van der Waals surface area contributed by atoms with Crippen molar-refractivity contribution in [2.45, 2.75) is 17.9 Å². The van der Waals surface area contributed by atoms with Gasteiger partial charge in [0.1, 0.15) is 11.6 Å². The predicted octanol–water partition coefficient (Wildman–Crippen LogP) is 2.71. The van der Waals surface area contributed by atoms with E-state index in [0.29, 0.717) is 0 Å². The Morgan fingerprint density at radius 1 is 1.12 bits per heavy atom. The minimum atomic E-state index is -3.67.